The molecule has 2 rings (SSSR count). The smallest absolute Gasteiger partial charge is 0.233 e. The minimum Gasteiger partial charge on any atom is -0.385 e. The molecule has 6 nitrogen and oxygen atoms in total. The number of amides is 1. The van der Waals surface area contributed by atoms with Gasteiger partial charge >= 0.3 is 0 Å². The topological polar surface area (TPSA) is 69.0 Å². The van der Waals surface area contributed by atoms with E-state index in [2.05, 4.69) is 29.4 Å². The van der Waals surface area contributed by atoms with Gasteiger partial charge in [0.15, 0.2) is 11.0 Å². The van der Waals surface area contributed by atoms with Crippen molar-refractivity contribution in [3.05, 3.63) is 29.3 Å². The molecule has 2 aromatic rings. The number of aromatic nitrogens is 3. The van der Waals surface area contributed by atoms with Crippen molar-refractivity contribution in [3.63, 3.8) is 0 Å². The summed E-state index contributed by atoms with van der Waals surface area (Å²) in [7, 11) is 1.68. The van der Waals surface area contributed by atoms with Gasteiger partial charge in [0.25, 0.3) is 0 Å². The second kappa shape index (κ2) is 11.4. The average Bonchev–Trinajstić information content (AvgIpc) is 3.04. The lowest BCUT2D eigenvalue weighted by Crippen LogP contribution is -2.32. The number of carbonyl (C=O) groups is 1. The molecule has 0 radical (unpaired) electrons. The maximum atomic E-state index is 12.4. The summed E-state index contributed by atoms with van der Waals surface area (Å²) in [6, 6.07) is 7.57. The molecule has 1 atom stereocenters. The highest BCUT2D eigenvalue weighted by molar-refractivity contribution is 8.00. The van der Waals surface area contributed by atoms with Crippen LogP contribution in [0.4, 0.5) is 0 Å². The standard InChI is InChI=1S/C20H29ClN4O2S/c1-14(2)10-11-22-19(26)15(3)28-20-24-23-18(25(20)12-7-13-27-4)16-8-5-6-9-17(16)21/h5-6,8-9,14-15H,7,10-13H2,1-4H3,(H,22,26). The molecule has 0 aliphatic carbocycles. The zero-order valence-corrected chi connectivity index (χ0v) is 18.5. The molecule has 1 amide bonds. The van der Waals surface area contributed by atoms with Crippen LogP contribution in [-0.4, -0.2) is 46.2 Å². The maximum Gasteiger partial charge on any atom is 0.233 e. The first-order valence-corrected chi connectivity index (χ1v) is 10.8. The van der Waals surface area contributed by atoms with Crippen LogP contribution >= 0.6 is 23.4 Å². The van der Waals surface area contributed by atoms with E-state index >= 15 is 0 Å². The second-order valence-corrected chi connectivity index (χ2v) is 8.73. The second-order valence-electron chi connectivity index (χ2n) is 7.02. The Hall–Kier alpha value is -1.57. The first-order valence-electron chi connectivity index (χ1n) is 9.55. The molecular formula is C20H29ClN4O2S. The van der Waals surface area contributed by atoms with E-state index in [1.807, 2.05) is 35.8 Å². The van der Waals surface area contributed by atoms with Crippen LogP contribution in [0.5, 0.6) is 0 Å². The number of thioether (sulfide) groups is 1. The molecule has 0 bridgehead atoms. The van der Waals surface area contributed by atoms with Crippen molar-refractivity contribution in [3.8, 4) is 11.4 Å². The van der Waals surface area contributed by atoms with Crippen LogP contribution in [0.3, 0.4) is 0 Å². The molecule has 0 fully saturated rings. The third-order valence-corrected chi connectivity index (χ3v) is 5.64. The molecule has 154 valence electrons. The third kappa shape index (κ3) is 6.50. The van der Waals surface area contributed by atoms with Crippen LogP contribution in [0, 0.1) is 5.92 Å². The lowest BCUT2D eigenvalue weighted by Gasteiger charge is -2.14. The summed E-state index contributed by atoms with van der Waals surface area (Å²) < 4.78 is 7.20. The Bertz CT molecular complexity index is 766. The number of carbonyl (C=O) groups excluding carboxylic acids is 1. The lowest BCUT2D eigenvalue weighted by molar-refractivity contribution is -0.120. The van der Waals surface area contributed by atoms with Crippen LogP contribution < -0.4 is 5.32 Å². The first-order chi connectivity index (χ1) is 13.4. The van der Waals surface area contributed by atoms with Crippen molar-refractivity contribution in [2.45, 2.75) is 50.6 Å². The fourth-order valence-corrected chi connectivity index (χ4v) is 3.75. The number of nitrogens with zero attached hydrogens (tertiary/aromatic N) is 3. The molecule has 1 aromatic heterocycles. The molecule has 0 saturated carbocycles. The molecule has 28 heavy (non-hydrogen) atoms. The van der Waals surface area contributed by atoms with Crippen molar-refractivity contribution in [2.75, 3.05) is 20.3 Å². The zero-order valence-electron chi connectivity index (χ0n) is 16.9. The summed E-state index contributed by atoms with van der Waals surface area (Å²) in [5.41, 5.74) is 0.829. The Morgan fingerprint density at radius 1 is 1.29 bits per heavy atom. The highest BCUT2D eigenvalue weighted by Crippen LogP contribution is 2.30. The highest BCUT2D eigenvalue weighted by Gasteiger charge is 2.21. The fourth-order valence-electron chi connectivity index (χ4n) is 2.63. The van der Waals surface area contributed by atoms with Crippen LogP contribution in [0.25, 0.3) is 11.4 Å². The van der Waals surface area contributed by atoms with E-state index in [4.69, 9.17) is 16.3 Å². The van der Waals surface area contributed by atoms with Gasteiger partial charge in [-0.3, -0.25) is 4.79 Å². The Balaban J connectivity index is 2.16. The molecule has 0 aliphatic rings. The van der Waals surface area contributed by atoms with Crippen LogP contribution in [0.1, 0.15) is 33.6 Å². The molecular weight excluding hydrogens is 396 g/mol. The molecule has 0 aliphatic heterocycles. The van der Waals surface area contributed by atoms with Crippen molar-refractivity contribution in [1.82, 2.24) is 20.1 Å². The zero-order chi connectivity index (χ0) is 20.5. The van der Waals surface area contributed by atoms with E-state index in [9.17, 15) is 4.79 Å². The third-order valence-electron chi connectivity index (χ3n) is 4.23. The van der Waals surface area contributed by atoms with Crippen molar-refractivity contribution < 1.29 is 9.53 Å². The van der Waals surface area contributed by atoms with Gasteiger partial charge in [-0.1, -0.05) is 49.3 Å². The van der Waals surface area contributed by atoms with Gasteiger partial charge in [0.05, 0.1) is 10.3 Å². The van der Waals surface area contributed by atoms with Crippen molar-refractivity contribution in [2.24, 2.45) is 5.92 Å². The van der Waals surface area contributed by atoms with Gasteiger partial charge in [-0.25, -0.2) is 0 Å². The Morgan fingerprint density at radius 3 is 2.71 bits per heavy atom. The average molecular weight is 425 g/mol. The Morgan fingerprint density at radius 2 is 2.04 bits per heavy atom. The number of methoxy groups -OCH3 is 1. The summed E-state index contributed by atoms with van der Waals surface area (Å²) in [4.78, 5) is 12.4. The number of benzene rings is 1. The Labute approximate surface area is 176 Å². The largest absolute Gasteiger partial charge is 0.385 e. The van der Waals surface area contributed by atoms with Gasteiger partial charge in [-0.15, -0.1) is 10.2 Å². The summed E-state index contributed by atoms with van der Waals surface area (Å²) in [5.74, 6) is 1.28. The number of rotatable bonds is 11. The summed E-state index contributed by atoms with van der Waals surface area (Å²) in [6.07, 6.45) is 1.78. The predicted molar refractivity (Wildman–Crippen MR) is 115 cm³/mol. The predicted octanol–water partition coefficient (Wildman–Crippen LogP) is 4.28. The number of ether oxygens (including phenoxy) is 1. The van der Waals surface area contributed by atoms with Crippen LogP contribution in [0.15, 0.2) is 29.4 Å². The minimum absolute atomic E-state index is 0.0105. The maximum absolute atomic E-state index is 12.4. The van der Waals surface area contributed by atoms with E-state index in [0.717, 1.165) is 18.4 Å². The summed E-state index contributed by atoms with van der Waals surface area (Å²) in [6.45, 7) is 8.18. The van der Waals surface area contributed by atoms with Gasteiger partial charge in [0, 0.05) is 32.4 Å². The van der Waals surface area contributed by atoms with E-state index in [1.54, 1.807) is 7.11 Å². The number of nitrogens with one attached hydrogen (secondary N) is 1. The molecule has 1 aromatic carbocycles. The SMILES string of the molecule is COCCCn1c(SC(C)C(=O)NCCC(C)C)nnc1-c1ccccc1Cl. The molecule has 1 unspecified atom stereocenters. The fraction of sp³-hybridized carbons (Fsp3) is 0.550. The molecule has 0 spiro atoms. The van der Waals surface area contributed by atoms with Gasteiger partial charge in [0.1, 0.15) is 0 Å². The van der Waals surface area contributed by atoms with Gasteiger partial charge in [-0.2, -0.15) is 0 Å². The van der Waals surface area contributed by atoms with Gasteiger partial charge < -0.3 is 14.6 Å². The van der Waals surface area contributed by atoms with Gasteiger partial charge in [-0.05, 0) is 37.8 Å². The lowest BCUT2D eigenvalue weighted by atomic mass is 10.1. The number of halogens is 1. The number of hydrogen-bond acceptors (Lipinski definition) is 5. The minimum atomic E-state index is -0.267. The first kappa shape index (κ1) is 22.7. The molecule has 8 heteroatoms. The quantitative estimate of drug-likeness (QED) is 0.430. The monoisotopic (exact) mass is 424 g/mol. The summed E-state index contributed by atoms with van der Waals surface area (Å²) >= 11 is 7.77. The van der Waals surface area contributed by atoms with Crippen LogP contribution in [0.2, 0.25) is 5.02 Å². The normalized spacial score (nSPS) is 12.4. The van der Waals surface area contributed by atoms with Crippen molar-refractivity contribution in [1.29, 1.82) is 0 Å². The molecule has 1 N–H and O–H groups in total. The highest BCUT2D eigenvalue weighted by atomic mass is 35.5. The molecule has 0 saturated heterocycles. The Kier molecular flexibility index (Phi) is 9.28. The number of hydrogen-bond donors (Lipinski definition) is 1. The van der Waals surface area contributed by atoms with E-state index in [1.165, 1.54) is 11.8 Å². The van der Waals surface area contributed by atoms with E-state index < -0.39 is 0 Å². The van der Waals surface area contributed by atoms with Crippen molar-refractivity contribution >= 4 is 29.3 Å². The summed E-state index contributed by atoms with van der Waals surface area (Å²) in [5, 5.41) is 12.8. The van der Waals surface area contributed by atoms with E-state index in [0.29, 0.717) is 41.6 Å². The molecule has 1 heterocycles. The van der Waals surface area contributed by atoms with Crippen LogP contribution in [-0.2, 0) is 16.1 Å². The van der Waals surface area contributed by atoms with Gasteiger partial charge in [0.2, 0.25) is 5.91 Å². The van der Waals surface area contributed by atoms with E-state index in [-0.39, 0.29) is 11.2 Å².